The van der Waals surface area contributed by atoms with E-state index in [1.165, 1.54) is 7.11 Å². The third-order valence-corrected chi connectivity index (χ3v) is 4.98. The van der Waals surface area contributed by atoms with Gasteiger partial charge < -0.3 is 14.5 Å². The molecule has 0 radical (unpaired) electrons. The zero-order valence-corrected chi connectivity index (χ0v) is 16.2. The molecular weight excluding hydrogens is 352 g/mol. The van der Waals surface area contributed by atoms with Crippen molar-refractivity contribution in [2.24, 2.45) is 0 Å². The molecule has 1 saturated heterocycles. The Morgan fingerprint density at radius 2 is 1.89 bits per heavy atom. The summed E-state index contributed by atoms with van der Waals surface area (Å²) in [5.41, 5.74) is 3.24. The standard InChI is InChI=1S/C23H26N2O3/c1-3-12-24-13-14-25(22(26)17-28-2)21(23(24)27)16-18-8-7-11-20(15-18)19-9-5-4-6-10-19/h3-11,15,21H,1,12-14,16-17H2,2H3. The van der Waals surface area contributed by atoms with Gasteiger partial charge in [-0.2, -0.15) is 0 Å². The van der Waals surface area contributed by atoms with Crippen LogP contribution in [0, 0.1) is 0 Å². The quantitative estimate of drug-likeness (QED) is 0.696. The van der Waals surface area contributed by atoms with E-state index in [4.69, 9.17) is 4.74 Å². The van der Waals surface area contributed by atoms with Crippen molar-refractivity contribution in [2.45, 2.75) is 12.5 Å². The van der Waals surface area contributed by atoms with Crippen molar-refractivity contribution < 1.29 is 14.3 Å². The molecule has 1 fully saturated rings. The molecular formula is C23H26N2O3. The fourth-order valence-corrected chi connectivity index (χ4v) is 3.61. The van der Waals surface area contributed by atoms with Gasteiger partial charge in [-0.1, -0.05) is 60.7 Å². The number of carbonyl (C=O) groups excluding carboxylic acids is 2. The molecule has 5 heteroatoms. The fraction of sp³-hybridized carbons (Fsp3) is 0.304. The lowest BCUT2D eigenvalue weighted by Gasteiger charge is -2.40. The van der Waals surface area contributed by atoms with E-state index in [1.54, 1.807) is 15.9 Å². The fourth-order valence-electron chi connectivity index (χ4n) is 3.61. The molecule has 2 amide bonds. The monoisotopic (exact) mass is 378 g/mol. The van der Waals surface area contributed by atoms with Crippen molar-refractivity contribution in [1.82, 2.24) is 9.80 Å². The SMILES string of the molecule is C=CCN1CCN(C(=O)COC)C(Cc2cccc(-c3ccccc3)c2)C1=O. The van der Waals surface area contributed by atoms with E-state index >= 15 is 0 Å². The van der Waals surface area contributed by atoms with Gasteiger partial charge in [0.05, 0.1) is 0 Å². The van der Waals surface area contributed by atoms with Crippen LogP contribution in [-0.2, 0) is 20.7 Å². The van der Waals surface area contributed by atoms with Crippen LogP contribution in [0.5, 0.6) is 0 Å². The molecule has 2 aromatic rings. The molecule has 1 unspecified atom stereocenters. The molecule has 3 rings (SSSR count). The summed E-state index contributed by atoms with van der Waals surface area (Å²) in [5.74, 6) is -0.195. The maximum atomic E-state index is 13.0. The van der Waals surface area contributed by atoms with Crippen LogP contribution in [0.1, 0.15) is 5.56 Å². The first-order valence-electron chi connectivity index (χ1n) is 9.46. The summed E-state index contributed by atoms with van der Waals surface area (Å²) in [4.78, 5) is 29.0. The van der Waals surface area contributed by atoms with Gasteiger partial charge in [-0.05, 0) is 16.7 Å². The molecule has 28 heavy (non-hydrogen) atoms. The molecule has 0 bridgehead atoms. The highest BCUT2D eigenvalue weighted by molar-refractivity contribution is 5.89. The molecule has 0 aromatic heterocycles. The first-order valence-corrected chi connectivity index (χ1v) is 9.46. The molecule has 2 aromatic carbocycles. The molecule has 5 nitrogen and oxygen atoms in total. The van der Waals surface area contributed by atoms with Crippen LogP contribution in [0.4, 0.5) is 0 Å². The Morgan fingerprint density at radius 1 is 1.14 bits per heavy atom. The van der Waals surface area contributed by atoms with Crippen LogP contribution in [0.15, 0.2) is 67.3 Å². The van der Waals surface area contributed by atoms with Gasteiger partial charge in [0.2, 0.25) is 11.8 Å². The largest absolute Gasteiger partial charge is 0.375 e. The van der Waals surface area contributed by atoms with Crippen molar-refractivity contribution in [2.75, 3.05) is 33.4 Å². The Hall–Kier alpha value is -2.92. The van der Waals surface area contributed by atoms with Crippen LogP contribution in [0.2, 0.25) is 0 Å². The number of piperazine rings is 1. The van der Waals surface area contributed by atoms with E-state index < -0.39 is 6.04 Å². The zero-order chi connectivity index (χ0) is 19.9. The molecule has 1 atom stereocenters. The van der Waals surface area contributed by atoms with Crippen LogP contribution in [-0.4, -0.2) is 61.0 Å². The summed E-state index contributed by atoms with van der Waals surface area (Å²) in [6, 6.07) is 17.7. The summed E-state index contributed by atoms with van der Waals surface area (Å²) in [7, 11) is 1.49. The Bertz CT molecular complexity index is 835. The topological polar surface area (TPSA) is 49.9 Å². The van der Waals surface area contributed by atoms with Gasteiger partial charge in [-0.15, -0.1) is 6.58 Å². The molecule has 0 aliphatic carbocycles. The van der Waals surface area contributed by atoms with Gasteiger partial charge in [0, 0.05) is 33.2 Å². The smallest absolute Gasteiger partial charge is 0.249 e. The minimum absolute atomic E-state index is 0.0186. The average Bonchev–Trinajstić information content (AvgIpc) is 2.72. The van der Waals surface area contributed by atoms with Crippen LogP contribution >= 0.6 is 0 Å². The van der Waals surface area contributed by atoms with E-state index in [0.29, 0.717) is 26.1 Å². The van der Waals surface area contributed by atoms with Crippen molar-refractivity contribution in [3.8, 4) is 11.1 Å². The molecule has 0 N–H and O–H groups in total. The van der Waals surface area contributed by atoms with Crippen molar-refractivity contribution in [3.05, 3.63) is 72.8 Å². The molecule has 1 aliphatic rings. The Morgan fingerprint density at radius 3 is 2.61 bits per heavy atom. The molecule has 1 heterocycles. The van der Waals surface area contributed by atoms with Crippen LogP contribution < -0.4 is 0 Å². The summed E-state index contributed by atoms with van der Waals surface area (Å²) in [6.45, 7) is 5.23. The first-order chi connectivity index (χ1) is 13.6. The van der Waals surface area contributed by atoms with E-state index in [9.17, 15) is 9.59 Å². The van der Waals surface area contributed by atoms with Crippen molar-refractivity contribution >= 4 is 11.8 Å². The van der Waals surface area contributed by atoms with Crippen LogP contribution in [0.25, 0.3) is 11.1 Å². The second kappa shape index (κ2) is 9.33. The van der Waals surface area contributed by atoms with E-state index in [1.807, 2.05) is 30.3 Å². The van der Waals surface area contributed by atoms with Gasteiger partial charge in [-0.3, -0.25) is 9.59 Å². The van der Waals surface area contributed by atoms with Gasteiger partial charge in [0.1, 0.15) is 12.6 Å². The Balaban J connectivity index is 1.86. The minimum Gasteiger partial charge on any atom is -0.375 e. The Labute approximate surface area is 166 Å². The number of rotatable bonds is 7. The van der Waals surface area contributed by atoms with Crippen molar-refractivity contribution in [3.63, 3.8) is 0 Å². The molecule has 146 valence electrons. The highest BCUT2D eigenvalue weighted by Crippen LogP contribution is 2.23. The summed E-state index contributed by atoms with van der Waals surface area (Å²) >= 11 is 0. The molecule has 1 aliphatic heterocycles. The summed E-state index contributed by atoms with van der Waals surface area (Å²) in [5, 5.41) is 0. The lowest BCUT2D eigenvalue weighted by molar-refractivity contribution is -0.152. The third kappa shape index (κ3) is 4.49. The summed E-state index contributed by atoms with van der Waals surface area (Å²) in [6.07, 6.45) is 2.19. The summed E-state index contributed by atoms with van der Waals surface area (Å²) < 4.78 is 5.01. The maximum Gasteiger partial charge on any atom is 0.249 e. The predicted molar refractivity (Wildman–Crippen MR) is 110 cm³/mol. The van der Waals surface area contributed by atoms with Crippen LogP contribution in [0.3, 0.4) is 0 Å². The number of amides is 2. The molecule has 0 spiro atoms. The highest BCUT2D eigenvalue weighted by Gasteiger charge is 2.36. The van der Waals surface area contributed by atoms with Gasteiger partial charge in [0.25, 0.3) is 0 Å². The van der Waals surface area contributed by atoms with E-state index in [-0.39, 0.29) is 18.4 Å². The number of nitrogens with zero attached hydrogens (tertiary/aromatic N) is 2. The minimum atomic E-state index is -0.526. The number of benzene rings is 2. The number of hydrogen-bond donors (Lipinski definition) is 0. The second-order valence-corrected chi connectivity index (χ2v) is 6.88. The number of hydrogen-bond acceptors (Lipinski definition) is 3. The van der Waals surface area contributed by atoms with Gasteiger partial charge >= 0.3 is 0 Å². The number of carbonyl (C=O) groups is 2. The third-order valence-electron chi connectivity index (χ3n) is 4.98. The average molecular weight is 378 g/mol. The predicted octanol–water partition coefficient (Wildman–Crippen LogP) is 2.77. The lowest BCUT2D eigenvalue weighted by atomic mass is 9.97. The molecule has 0 saturated carbocycles. The van der Waals surface area contributed by atoms with Gasteiger partial charge in [0.15, 0.2) is 0 Å². The number of ether oxygens (including phenoxy) is 1. The Kier molecular flexibility index (Phi) is 6.61. The van der Waals surface area contributed by atoms with Crippen molar-refractivity contribution in [1.29, 1.82) is 0 Å². The normalized spacial score (nSPS) is 16.9. The highest BCUT2D eigenvalue weighted by atomic mass is 16.5. The zero-order valence-electron chi connectivity index (χ0n) is 16.2. The maximum absolute atomic E-state index is 13.0. The first kappa shape index (κ1) is 19.8. The second-order valence-electron chi connectivity index (χ2n) is 6.88. The number of methoxy groups -OCH3 is 1. The lowest BCUT2D eigenvalue weighted by Crippen LogP contribution is -2.60. The van der Waals surface area contributed by atoms with E-state index in [0.717, 1.165) is 16.7 Å². The van der Waals surface area contributed by atoms with Gasteiger partial charge in [-0.25, -0.2) is 0 Å². The van der Waals surface area contributed by atoms with E-state index in [2.05, 4.69) is 30.8 Å².